The molecule has 0 aliphatic carbocycles. The van der Waals surface area contributed by atoms with Gasteiger partial charge >= 0.3 is 0 Å². The van der Waals surface area contributed by atoms with Crippen molar-refractivity contribution in [1.29, 1.82) is 0 Å². The SMILES string of the molecule is NC[C@H](CC(N)=O)c1ccco1. The van der Waals surface area contributed by atoms with Gasteiger partial charge < -0.3 is 15.9 Å². The lowest BCUT2D eigenvalue weighted by atomic mass is 10.0. The Kier molecular flexibility index (Phi) is 2.88. The Morgan fingerprint density at radius 2 is 2.42 bits per heavy atom. The Hall–Kier alpha value is -1.29. The van der Waals surface area contributed by atoms with Gasteiger partial charge in [-0.1, -0.05) is 0 Å². The number of rotatable bonds is 4. The monoisotopic (exact) mass is 168 g/mol. The van der Waals surface area contributed by atoms with Crippen molar-refractivity contribution in [3.8, 4) is 0 Å². The molecule has 0 saturated carbocycles. The minimum absolute atomic E-state index is 0.0856. The Morgan fingerprint density at radius 3 is 2.83 bits per heavy atom. The van der Waals surface area contributed by atoms with E-state index in [0.29, 0.717) is 6.54 Å². The lowest BCUT2D eigenvalue weighted by Gasteiger charge is -2.08. The van der Waals surface area contributed by atoms with Crippen LogP contribution in [0.2, 0.25) is 0 Å². The van der Waals surface area contributed by atoms with Gasteiger partial charge in [0.1, 0.15) is 5.76 Å². The van der Waals surface area contributed by atoms with E-state index in [1.165, 1.54) is 0 Å². The molecule has 1 amide bonds. The molecule has 0 spiro atoms. The molecule has 66 valence electrons. The molecule has 1 aromatic heterocycles. The first-order chi connectivity index (χ1) is 5.74. The van der Waals surface area contributed by atoms with E-state index < -0.39 is 0 Å². The van der Waals surface area contributed by atoms with Gasteiger partial charge in [0, 0.05) is 18.9 Å². The van der Waals surface area contributed by atoms with Crippen LogP contribution in [0.15, 0.2) is 22.8 Å². The zero-order valence-electron chi connectivity index (χ0n) is 6.69. The second-order valence-electron chi connectivity index (χ2n) is 2.62. The molecule has 4 heteroatoms. The maximum Gasteiger partial charge on any atom is 0.218 e. The normalized spacial score (nSPS) is 12.8. The number of primary amides is 1. The van der Waals surface area contributed by atoms with Crippen LogP contribution < -0.4 is 11.5 Å². The fourth-order valence-corrected chi connectivity index (χ4v) is 1.07. The van der Waals surface area contributed by atoms with Crippen molar-refractivity contribution in [2.75, 3.05) is 6.54 Å². The molecule has 0 radical (unpaired) electrons. The molecular weight excluding hydrogens is 156 g/mol. The van der Waals surface area contributed by atoms with Crippen LogP contribution in [0.1, 0.15) is 18.1 Å². The van der Waals surface area contributed by atoms with E-state index in [1.54, 1.807) is 18.4 Å². The van der Waals surface area contributed by atoms with E-state index in [4.69, 9.17) is 15.9 Å². The molecule has 1 heterocycles. The fourth-order valence-electron chi connectivity index (χ4n) is 1.07. The zero-order valence-corrected chi connectivity index (χ0v) is 6.69. The van der Waals surface area contributed by atoms with Crippen molar-refractivity contribution in [3.05, 3.63) is 24.2 Å². The van der Waals surface area contributed by atoms with Crippen molar-refractivity contribution in [3.63, 3.8) is 0 Å². The molecule has 4 nitrogen and oxygen atoms in total. The van der Waals surface area contributed by atoms with Crippen LogP contribution in [0.3, 0.4) is 0 Å². The summed E-state index contributed by atoms with van der Waals surface area (Å²) in [4.78, 5) is 10.6. The number of furan rings is 1. The van der Waals surface area contributed by atoms with Crippen LogP contribution in [-0.2, 0) is 4.79 Å². The number of nitrogens with two attached hydrogens (primary N) is 2. The third-order valence-corrected chi connectivity index (χ3v) is 1.68. The molecule has 0 bridgehead atoms. The Balaban J connectivity index is 2.63. The van der Waals surface area contributed by atoms with Crippen LogP contribution >= 0.6 is 0 Å². The molecule has 0 aliphatic heterocycles. The van der Waals surface area contributed by atoms with Crippen LogP contribution in [0.25, 0.3) is 0 Å². The lowest BCUT2D eigenvalue weighted by molar-refractivity contribution is -0.118. The predicted octanol–water partition coefficient (Wildman–Crippen LogP) is 0.197. The molecule has 4 N–H and O–H groups in total. The minimum atomic E-state index is -0.359. The highest BCUT2D eigenvalue weighted by molar-refractivity contribution is 5.74. The highest BCUT2D eigenvalue weighted by Crippen LogP contribution is 2.17. The number of carbonyl (C=O) groups is 1. The van der Waals surface area contributed by atoms with Gasteiger partial charge in [0.25, 0.3) is 0 Å². The van der Waals surface area contributed by atoms with Crippen LogP contribution in [-0.4, -0.2) is 12.5 Å². The van der Waals surface area contributed by atoms with Crippen molar-refractivity contribution < 1.29 is 9.21 Å². The van der Waals surface area contributed by atoms with Gasteiger partial charge in [-0.3, -0.25) is 4.79 Å². The first-order valence-corrected chi connectivity index (χ1v) is 3.75. The maximum atomic E-state index is 10.6. The molecule has 0 aromatic carbocycles. The van der Waals surface area contributed by atoms with Crippen LogP contribution in [0.4, 0.5) is 0 Å². The number of amides is 1. The van der Waals surface area contributed by atoms with Crippen molar-refractivity contribution >= 4 is 5.91 Å². The number of carbonyl (C=O) groups excluding carboxylic acids is 1. The average molecular weight is 168 g/mol. The van der Waals surface area contributed by atoms with Gasteiger partial charge in [-0.2, -0.15) is 0 Å². The van der Waals surface area contributed by atoms with E-state index >= 15 is 0 Å². The zero-order chi connectivity index (χ0) is 8.97. The molecular formula is C8H12N2O2. The van der Waals surface area contributed by atoms with Crippen molar-refractivity contribution in [2.24, 2.45) is 11.5 Å². The second-order valence-corrected chi connectivity index (χ2v) is 2.62. The van der Waals surface area contributed by atoms with Crippen molar-refractivity contribution in [1.82, 2.24) is 0 Å². The molecule has 1 aromatic rings. The summed E-state index contributed by atoms with van der Waals surface area (Å²) < 4.78 is 5.10. The predicted molar refractivity (Wildman–Crippen MR) is 44.3 cm³/mol. The minimum Gasteiger partial charge on any atom is -0.469 e. The molecule has 0 unspecified atom stereocenters. The summed E-state index contributed by atoms with van der Waals surface area (Å²) >= 11 is 0. The Morgan fingerprint density at radius 1 is 1.67 bits per heavy atom. The van der Waals surface area contributed by atoms with Crippen molar-refractivity contribution in [2.45, 2.75) is 12.3 Å². The molecule has 12 heavy (non-hydrogen) atoms. The quantitative estimate of drug-likeness (QED) is 0.673. The number of hydrogen-bond acceptors (Lipinski definition) is 3. The summed E-state index contributed by atoms with van der Waals surface area (Å²) in [6.07, 6.45) is 1.79. The largest absolute Gasteiger partial charge is 0.469 e. The van der Waals surface area contributed by atoms with E-state index in [0.717, 1.165) is 5.76 Å². The van der Waals surface area contributed by atoms with E-state index in [9.17, 15) is 4.79 Å². The third-order valence-electron chi connectivity index (χ3n) is 1.68. The number of hydrogen-bond donors (Lipinski definition) is 2. The molecule has 0 saturated heterocycles. The van der Waals surface area contributed by atoms with E-state index in [-0.39, 0.29) is 18.2 Å². The smallest absolute Gasteiger partial charge is 0.218 e. The maximum absolute atomic E-state index is 10.6. The topological polar surface area (TPSA) is 82.2 Å². The third kappa shape index (κ3) is 2.10. The summed E-state index contributed by atoms with van der Waals surface area (Å²) in [6.45, 7) is 0.371. The lowest BCUT2D eigenvalue weighted by Crippen LogP contribution is -2.20. The molecule has 0 fully saturated rings. The van der Waals surface area contributed by atoms with E-state index in [2.05, 4.69) is 0 Å². The van der Waals surface area contributed by atoms with Gasteiger partial charge in [0.05, 0.1) is 6.26 Å². The van der Waals surface area contributed by atoms with Gasteiger partial charge in [0.2, 0.25) is 5.91 Å². The summed E-state index contributed by atoms with van der Waals surface area (Å²) in [7, 11) is 0. The Labute approximate surface area is 70.5 Å². The molecule has 1 rings (SSSR count). The summed E-state index contributed by atoms with van der Waals surface area (Å²) in [5.41, 5.74) is 10.5. The van der Waals surface area contributed by atoms with E-state index in [1.807, 2.05) is 0 Å². The summed E-state index contributed by atoms with van der Waals surface area (Å²) in [6, 6.07) is 3.56. The standard InChI is InChI=1S/C8H12N2O2/c9-5-6(4-8(10)11)7-2-1-3-12-7/h1-3,6H,4-5,9H2,(H2,10,11)/t6-/m0/s1. The van der Waals surface area contributed by atoms with Crippen LogP contribution in [0.5, 0.6) is 0 Å². The first-order valence-electron chi connectivity index (χ1n) is 3.75. The van der Waals surface area contributed by atoms with Gasteiger partial charge in [-0.05, 0) is 12.1 Å². The summed E-state index contributed by atoms with van der Waals surface area (Å²) in [5.74, 6) is 0.274. The highest BCUT2D eigenvalue weighted by atomic mass is 16.3. The average Bonchev–Trinajstić information content (AvgIpc) is 2.51. The highest BCUT2D eigenvalue weighted by Gasteiger charge is 2.14. The van der Waals surface area contributed by atoms with Gasteiger partial charge in [0.15, 0.2) is 0 Å². The molecule has 0 aliphatic rings. The van der Waals surface area contributed by atoms with Crippen LogP contribution in [0, 0.1) is 0 Å². The molecule has 1 atom stereocenters. The Bertz CT molecular complexity index is 244. The van der Waals surface area contributed by atoms with Gasteiger partial charge in [-0.15, -0.1) is 0 Å². The fraction of sp³-hybridized carbons (Fsp3) is 0.375. The van der Waals surface area contributed by atoms with Gasteiger partial charge in [-0.25, -0.2) is 0 Å². The second kappa shape index (κ2) is 3.92. The first kappa shape index (κ1) is 8.80. The summed E-state index contributed by atoms with van der Waals surface area (Å²) in [5, 5.41) is 0.